The Morgan fingerprint density at radius 2 is 2.00 bits per heavy atom. The number of guanidine groups is 1. The van der Waals surface area contributed by atoms with E-state index >= 15 is 0 Å². The molecule has 28 heavy (non-hydrogen) atoms. The largest absolute Gasteiger partial charge is 0.468 e. The number of ether oxygens (including phenoxy) is 1. The van der Waals surface area contributed by atoms with E-state index < -0.39 is 12.8 Å². The summed E-state index contributed by atoms with van der Waals surface area (Å²) in [4.78, 5) is 7.96. The number of alkyl halides is 3. The van der Waals surface area contributed by atoms with E-state index in [9.17, 15) is 17.6 Å². The van der Waals surface area contributed by atoms with Crippen LogP contribution in [-0.2, 0) is 6.54 Å². The molecule has 1 aromatic carbocycles. The smallest absolute Gasteiger partial charge is 0.422 e. The Morgan fingerprint density at radius 1 is 1.25 bits per heavy atom. The molecule has 2 N–H and O–H groups in total. The molecule has 0 aliphatic rings. The van der Waals surface area contributed by atoms with Gasteiger partial charge >= 0.3 is 6.18 Å². The number of nitrogens with zero attached hydrogens (tertiary/aromatic N) is 2. The summed E-state index contributed by atoms with van der Waals surface area (Å²) < 4.78 is 54.7. The first-order valence-corrected chi connectivity index (χ1v) is 8.55. The fourth-order valence-electron chi connectivity index (χ4n) is 2.30. The van der Waals surface area contributed by atoms with Gasteiger partial charge in [-0.15, -0.1) is 0 Å². The van der Waals surface area contributed by atoms with Crippen molar-refractivity contribution in [3.63, 3.8) is 0 Å². The molecule has 0 amide bonds. The number of aryl methyl sites for hydroxylation is 1. The van der Waals surface area contributed by atoms with Gasteiger partial charge in [-0.2, -0.15) is 13.2 Å². The molecule has 5 nitrogen and oxygen atoms in total. The zero-order chi connectivity index (χ0) is 20.7. The molecule has 152 valence electrons. The summed E-state index contributed by atoms with van der Waals surface area (Å²) in [5, 5.41) is 6.22. The van der Waals surface area contributed by atoms with Crippen molar-refractivity contribution < 1.29 is 22.3 Å². The first-order chi connectivity index (χ1) is 13.2. The van der Waals surface area contributed by atoms with Crippen LogP contribution in [0.5, 0.6) is 5.88 Å². The van der Waals surface area contributed by atoms with Gasteiger partial charge < -0.3 is 15.4 Å². The number of nitrogens with one attached hydrogen (secondary N) is 2. The lowest BCUT2D eigenvalue weighted by molar-refractivity contribution is -0.154. The number of rotatable bonds is 6. The number of aliphatic imine (C=N–C) groups is 1. The molecule has 2 aromatic rings. The molecule has 1 atom stereocenters. The van der Waals surface area contributed by atoms with E-state index in [0.717, 1.165) is 11.1 Å². The molecule has 0 aliphatic carbocycles. The van der Waals surface area contributed by atoms with Crippen molar-refractivity contribution in [3.8, 4) is 5.88 Å². The Hall–Kier alpha value is -2.84. The number of pyridine rings is 1. The molecule has 0 spiro atoms. The van der Waals surface area contributed by atoms with Crippen molar-refractivity contribution in [1.29, 1.82) is 0 Å². The number of hydrogen-bond donors (Lipinski definition) is 2. The van der Waals surface area contributed by atoms with Gasteiger partial charge in [0.1, 0.15) is 5.82 Å². The van der Waals surface area contributed by atoms with Crippen LogP contribution in [0.2, 0.25) is 0 Å². The van der Waals surface area contributed by atoms with Crippen LogP contribution in [-0.4, -0.2) is 30.8 Å². The topological polar surface area (TPSA) is 58.5 Å². The van der Waals surface area contributed by atoms with Gasteiger partial charge in [0.05, 0.1) is 6.04 Å². The van der Waals surface area contributed by atoms with Gasteiger partial charge in [-0.3, -0.25) is 4.99 Å². The van der Waals surface area contributed by atoms with E-state index in [0.29, 0.717) is 18.1 Å². The number of hydrogen-bond acceptors (Lipinski definition) is 3. The Kier molecular flexibility index (Phi) is 7.19. The zero-order valence-corrected chi connectivity index (χ0v) is 15.8. The fraction of sp³-hybridized carbons (Fsp3) is 0.368. The standard InChI is InChI=1S/C19H22F4N4O/c1-12-4-6-15(8-16(12)20)13(2)27-18(24-3)26-10-14-5-7-17(25-9-14)28-11-19(21,22)23/h4-9,13H,10-11H2,1-3H3,(H2,24,26,27). The third-order valence-corrected chi connectivity index (χ3v) is 3.91. The Balaban J connectivity index is 1.88. The van der Waals surface area contributed by atoms with Crippen LogP contribution in [0, 0.1) is 12.7 Å². The lowest BCUT2D eigenvalue weighted by atomic mass is 10.1. The highest BCUT2D eigenvalue weighted by Gasteiger charge is 2.28. The normalized spacial score (nSPS) is 13.2. The van der Waals surface area contributed by atoms with Crippen molar-refractivity contribution >= 4 is 5.96 Å². The predicted octanol–water partition coefficient (Wildman–Crippen LogP) is 3.90. The number of aromatic nitrogens is 1. The van der Waals surface area contributed by atoms with Gasteiger partial charge in [0, 0.05) is 25.9 Å². The van der Waals surface area contributed by atoms with Crippen molar-refractivity contribution in [2.45, 2.75) is 32.6 Å². The van der Waals surface area contributed by atoms with Gasteiger partial charge in [0.2, 0.25) is 5.88 Å². The van der Waals surface area contributed by atoms with Crippen molar-refractivity contribution in [2.75, 3.05) is 13.7 Å². The maximum Gasteiger partial charge on any atom is 0.422 e. The van der Waals surface area contributed by atoms with Crippen LogP contribution in [0.1, 0.15) is 29.7 Å². The van der Waals surface area contributed by atoms with E-state index in [-0.39, 0.29) is 17.7 Å². The summed E-state index contributed by atoms with van der Waals surface area (Å²) in [6.07, 6.45) is -2.98. The lowest BCUT2D eigenvalue weighted by Crippen LogP contribution is -2.38. The maximum atomic E-state index is 13.7. The molecule has 2 rings (SSSR count). The summed E-state index contributed by atoms with van der Waals surface area (Å²) in [6, 6.07) is 7.83. The summed E-state index contributed by atoms with van der Waals surface area (Å²) in [7, 11) is 1.60. The molecule has 0 aliphatic heterocycles. The monoisotopic (exact) mass is 398 g/mol. The highest BCUT2D eigenvalue weighted by molar-refractivity contribution is 5.80. The Labute approximate surface area is 160 Å². The molecule has 0 fully saturated rings. The predicted molar refractivity (Wildman–Crippen MR) is 98.7 cm³/mol. The lowest BCUT2D eigenvalue weighted by Gasteiger charge is -2.18. The van der Waals surface area contributed by atoms with Gasteiger partial charge in [-0.25, -0.2) is 9.37 Å². The van der Waals surface area contributed by atoms with Crippen LogP contribution in [0.25, 0.3) is 0 Å². The van der Waals surface area contributed by atoms with E-state index in [1.165, 1.54) is 18.3 Å². The number of halogens is 4. The van der Waals surface area contributed by atoms with Crippen LogP contribution in [0.4, 0.5) is 17.6 Å². The molecule has 1 aromatic heterocycles. The van der Waals surface area contributed by atoms with E-state index in [4.69, 9.17) is 0 Å². The third kappa shape index (κ3) is 6.71. The Bertz CT molecular complexity index is 807. The summed E-state index contributed by atoms with van der Waals surface area (Å²) in [6.45, 7) is 2.54. The van der Waals surface area contributed by atoms with E-state index in [1.54, 1.807) is 26.1 Å². The fourth-order valence-corrected chi connectivity index (χ4v) is 2.30. The summed E-state index contributed by atoms with van der Waals surface area (Å²) >= 11 is 0. The molecule has 0 radical (unpaired) electrons. The minimum Gasteiger partial charge on any atom is -0.468 e. The summed E-state index contributed by atoms with van der Waals surface area (Å²) in [5.74, 6) is 0.123. The van der Waals surface area contributed by atoms with Crippen molar-refractivity contribution in [3.05, 3.63) is 59.0 Å². The average Bonchev–Trinajstić information content (AvgIpc) is 2.65. The number of benzene rings is 1. The average molecular weight is 398 g/mol. The third-order valence-electron chi connectivity index (χ3n) is 3.91. The van der Waals surface area contributed by atoms with Crippen LogP contribution in [0.15, 0.2) is 41.5 Å². The maximum absolute atomic E-state index is 13.7. The van der Waals surface area contributed by atoms with E-state index in [2.05, 4.69) is 25.3 Å². The molecule has 1 heterocycles. The van der Waals surface area contributed by atoms with Crippen molar-refractivity contribution in [1.82, 2.24) is 15.6 Å². The van der Waals surface area contributed by atoms with Gasteiger partial charge in [0.25, 0.3) is 0 Å². The van der Waals surface area contributed by atoms with Gasteiger partial charge in [-0.1, -0.05) is 18.2 Å². The van der Waals surface area contributed by atoms with E-state index in [1.807, 2.05) is 13.0 Å². The zero-order valence-electron chi connectivity index (χ0n) is 15.8. The minimum absolute atomic E-state index is 0.0985. The molecule has 0 saturated heterocycles. The highest BCUT2D eigenvalue weighted by atomic mass is 19.4. The molecular weight excluding hydrogens is 376 g/mol. The highest BCUT2D eigenvalue weighted by Crippen LogP contribution is 2.17. The second-order valence-corrected chi connectivity index (χ2v) is 6.21. The quantitative estimate of drug-likeness (QED) is 0.440. The second-order valence-electron chi connectivity index (χ2n) is 6.21. The SMILES string of the molecule is CN=C(NCc1ccc(OCC(F)(F)F)nc1)NC(C)c1ccc(C)c(F)c1. The second kappa shape index (κ2) is 9.38. The van der Waals surface area contributed by atoms with Gasteiger partial charge in [-0.05, 0) is 36.6 Å². The van der Waals surface area contributed by atoms with Crippen LogP contribution in [0.3, 0.4) is 0 Å². The first-order valence-electron chi connectivity index (χ1n) is 8.55. The van der Waals surface area contributed by atoms with Gasteiger partial charge in [0.15, 0.2) is 12.6 Å². The molecule has 9 heteroatoms. The van der Waals surface area contributed by atoms with Crippen LogP contribution >= 0.6 is 0 Å². The van der Waals surface area contributed by atoms with Crippen molar-refractivity contribution in [2.24, 2.45) is 4.99 Å². The Morgan fingerprint density at radius 3 is 2.57 bits per heavy atom. The molecule has 1 unspecified atom stereocenters. The molecule has 0 bridgehead atoms. The molecular formula is C19H22F4N4O. The minimum atomic E-state index is -4.41. The molecule has 0 saturated carbocycles. The first kappa shape index (κ1) is 21.5. The van der Waals surface area contributed by atoms with Crippen LogP contribution < -0.4 is 15.4 Å². The summed E-state index contributed by atoms with van der Waals surface area (Å²) in [5.41, 5.74) is 2.09.